The van der Waals surface area contributed by atoms with E-state index < -0.39 is 0 Å². The van der Waals surface area contributed by atoms with Gasteiger partial charge in [-0.15, -0.1) is 4.91 Å². The molecule has 0 aromatic rings. The number of hydrogen-bond donors (Lipinski definition) is 1. The van der Waals surface area contributed by atoms with Crippen LogP contribution in [0.4, 0.5) is 0 Å². The maximum absolute atomic E-state index is 8.11. The summed E-state index contributed by atoms with van der Waals surface area (Å²) < 4.78 is 0. The van der Waals surface area contributed by atoms with E-state index in [9.17, 15) is 0 Å². The smallest absolute Gasteiger partial charge is 0.152 e. The SMILES string of the molecule is O=NO.[Zn]. The minimum absolute atomic E-state index is 0. The van der Waals surface area contributed by atoms with Gasteiger partial charge in [-0.05, 0) is 0 Å². The molecule has 0 atom stereocenters. The van der Waals surface area contributed by atoms with Crippen molar-refractivity contribution in [2.75, 3.05) is 0 Å². The molecule has 3 nitrogen and oxygen atoms in total. The van der Waals surface area contributed by atoms with E-state index in [0.29, 0.717) is 0 Å². The predicted octanol–water partition coefficient (Wildman–Crippen LogP) is 0.140. The molecule has 0 aliphatic rings. The molecule has 20 valence electrons. The summed E-state index contributed by atoms with van der Waals surface area (Å²) >= 11 is 0. The van der Waals surface area contributed by atoms with Crippen molar-refractivity contribution < 1.29 is 24.7 Å². The van der Waals surface area contributed by atoms with E-state index in [-0.39, 0.29) is 19.5 Å². The molecule has 0 aliphatic heterocycles. The molecular weight excluding hydrogens is 111 g/mol. The molecule has 0 rings (SSSR count). The van der Waals surface area contributed by atoms with Crippen LogP contribution in [0.2, 0.25) is 0 Å². The van der Waals surface area contributed by atoms with Crippen molar-refractivity contribution in [3.8, 4) is 0 Å². The fraction of sp³-hybridized carbons (Fsp3) is 0. The number of rotatable bonds is 0. The molecule has 0 amide bonds. The Hall–Kier alpha value is 0.0234. The second-order valence-electron chi connectivity index (χ2n) is 0.0816. The van der Waals surface area contributed by atoms with E-state index >= 15 is 0 Å². The summed E-state index contributed by atoms with van der Waals surface area (Å²) in [6.45, 7) is 0. The van der Waals surface area contributed by atoms with Crippen molar-refractivity contribution in [1.82, 2.24) is 0 Å². The van der Waals surface area contributed by atoms with Crippen LogP contribution >= 0.6 is 0 Å². The van der Waals surface area contributed by atoms with Crippen molar-refractivity contribution in [1.29, 1.82) is 0 Å². The van der Waals surface area contributed by atoms with Gasteiger partial charge in [0, 0.05) is 19.5 Å². The topological polar surface area (TPSA) is 49.7 Å². The molecule has 0 aromatic heterocycles. The zero-order valence-electron chi connectivity index (χ0n) is 2.01. The molecule has 0 heterocycles. The first-order valence-electron chi connectivity index (χ1n) is 0.383. The van der Waals surface area contributed by atoms with Crippen LogP contribution in [0.3, 0.4) is 0 Å². The largest absolute Gasteiger partial charge is 0.379 e. The average molecular weight is 112 g/mol. The minimum Gasteiger partial charge on any atom is -0.379 e. The standard InChI is InChI=1S/HNO2.Zn/c2-1-3;/h(H,2,3);. The van der Waals surface area contributed by atoms with Gasteiger partial charge in [-0.25, -0.2) is 0 Å². The first-order valence-corrected chi connectivity index (χ1v) is 0.383. The molecule has 0 aromatic carbocycles. The molecule has 0 bridgehead atoms. The van der Waals surface area contributed by atoms with Crippen molar-refractivity contribution >= 4 is 0 Å². The van der Waals surface area contributed by atoms with E-state index in [1.54, 1.807) is 0 Å². The van der Waals surface area contributed by atoms with Crippen LogP contribution in [-0.4, -0.2) is 5.21 Å². The molecule has 0 spiro atoms. The summed E-state index contributed by atoms with van der Waals surface area (Å²) in [6, 6.07) is 0. The summed E-state index contributed by atoms with van der Waals surface area (Å²) in [5, 5.41) is 7.89. The van der Waals surface area contributed by atoms with Crippen LogP contribution in [0.5, 0.6) is 0 Å². The van der Waals surface area contributed by atoms with Gasteiger partial charge in [0.2, 0.25) is 0 Å². The third kappa shape index (κ3) is 3880. The van der Waals surface area contributed by atoms with Gasteiger partial charge in [0.25, 0.3) is 0 Å². The molecule has 0 unspecified atom stereocenters. The Morgan fingerprint density at radius 2 is 1.75 bits per heavy atom. The Kier molecular flexibility index (Phi) is 26.5. The second kappa shape index (κ2) is 11.8. The van der Waals surface area contributed by atoms with Gasteiger partial charge >= 0.3 is 0 Å². The van der Waals surface area contributed by atoms with Crippen molar-refractivity contribution in [3.05, 3.63) is 4.91 Å². The van der Waals surface area contributed by atoms with Crippen LogP contribution in [0.1, 0.15) is 0 Å². The Morgan fingerprint density at radius 3 is 1.75 bits per heavy atom. The first kappa shape index (κ1) is 8.98. The third-order valence-electron chi connectivity index (χ3n) is 0. The quantitative estimate of drug-likeness (QED) is 0.275. The van der Waals surface area contributed by atoms with Gasteiger partial charge < -0.3 is 5.21 Å². The van der Waals surface area contributed by atoms with Crippen LogP contribution in [0.25, 0.3) is 0 Å². The molecule has 0 radical (unpaired) electrons. The van der Waals surface area contributed by atoms with Gasteiger partial charge in [0.1, 0.15) is 0 Å². The van der Waals surface area contributed by atoms with Crippen molar-refractivity contribution in [2.45, 2.75) is 0 Å². The predicted molar refractivity (Wildman–Crippen MR) is 7.58 cm³/mol. The molecule has 0 saturated carbocycles. The van der Waals surface area contributed by atoms with Gasteiger partial charge in [-0.1, -0.05) is 0 Å². The Labute approximate surface area is 35.7 Å². The van der Waals surface area contributed by atoms with Crippen LogP contribution < -0.4 is 0 Å². The maximum Gasteiger partial charge on any atom is 0.152 e. The van der Waals surface area contributed by atoms with E-state index in [0.717, 1.165) is 0 Å². The molecule has 0 saturated heterocycles. The van der Waals surface area contributed by atoms with Gasteiger partial charge in [-0.3, -0.25) is 0 Å². The summed E-state index contributed by atoms with van der Waals surface area (Å²) in [7, 11) is 0. The summed E-state index contributed by atoms with van der Waals surface area (Å²) in [4.78, 5) is 8.11. The Bertz CT molecular complexity index is 13.5. The maximum atomic E-state index is 8.11. The Morgan fingerprint density at radius 1 is 1.75 bits per heavy atom. The van der Waals surface area contributed by atoms with Gasteiger partial charge in [0.05, 0.1) is 0 Å². The number of nitrogens with zero attached hydrogens (tertiary/aromatic N) is 1. The normalized spacial score (nSPS) is 3.00. The summed E-state index contributed by atoms with van der Waals surface area (Å²) in [6.07, 6.45) is 0. The van der Waals surface area contributed by atoms with E-state index in [1.165, 1.54) is 5.34 Å². The first-order chi connectivity index (χ1) is 1.41. The molecule has 0 aliphatic carbocycles. The summed E-state index contributed by atoms with van der Waals surface area (Å²) in [5.41, 5.74) is 0. The van der Waals surface area contributed by atoms with E-state index in [2.05, 4.69) is 0 Å². The zero-order chi connectivity index (χ0) is 2.71. The van der Waals surface area contributed by atoms with Crippen molar-refractivity contribution in [3.63, 3.8) is 0 Å². The molecule has 4 heteroatoms. The monoisotopic (exact) mass is 111 g/mol. The average Bonchev–Trinajstić information content (AvgIpc) is 0.918. The molecule has 0 fully saturated rings. The number of hydrogen-bond acceptors (Lipinski definition) is 2. The third-order valence-corrected chi connectivity index (χ3v) is 0. The minimum atomic E-state index is 0. The summed E-state index contributed by atoms with van der Waals surface area (Å²) in [5.74, 6) is 0. The van der Waals surface area contributed by atoms with Gasteiger partial charge in [-0.2, -0.15) is 0 Å². The van der Waals surface area contributed by atoms with Crippen LogP contribution in [0, 0.1) is 4.91 Å². The second-order valence-corrected chi connectivity index (χ2v) is 0.0816. The molecule has 1 N–H and O–H groups in total. The van der Waals surface area contributed by atoms with Crippen LogP contribution in [0.15, 0.2) is 5.34 Å². The van der Waals surface area contributed by atoms with Crippen LogP contribution in [-0.2, 0) is 19.5 Å². The van der Waals surface area contributed by atoms with E-state index in [1.807, 2.05) is 0 Å². The molecule has 4 heavy (non-hydrogen) atoms. The Balaban J connectivity index is 0. The fourth-order valence-corrected chi connectivity index (χ4v) is 0. The van der Waals surface area contributed by atoms with E-state index in [4.69, 9.17) is 10.1 Å². The zero-order valence-corrected chi connectivity index (χ0v) is 4.98. The van der Waals surface area contributed by atoms with Gasteiger partial charge in [0.15, 0.2) is 5.34 Å². The molecular formula is HNO2Zn. The fourth-order valence-electron chi connectivity index (χ4n) is 0. The van der Waals surface area contributed by atoms with Crippen molar-refractivity contribution in [2.24, 2.45) is 5.34 Å².